The van der Waals surface area contributed by atoms with Crippen molar-refractivity contribution < 1.29 is 14.6 Å². The summed E-state index contributed by atoms with van der Waals surface area (Å²) in [7, 11) is 0. The predicted molar refractivity (Wildman–Crippen MR) is 82.5 cm³/mol. The van der Waals surface area contributed by atoms with Crippen LogP contribution in [-0.2, 0) is 4.74 Å². The molecule has 1 unspecified atom stereocenters. The first-order valence-electron chi connectivity index (χ1n) is 7.05. The number of aromatic amines is 1. The van der Waals surface area contributed by atoms with Gasteiger partial charge in [-0.05, 0) is 0 Å². The molecule has 3 N–H and O–H groups in total. The highest BCUT2D eigenvalue weighted by Gasteiger charge is 2.38. The van der Waals surface area contributed by atoms with Crippen LogP contribution in [0.3, 0.4) is 0 Å². The molecular formula is C12H16ClN5O6. The highest BCUT2D eigenvalue weighted by atomic mass is 35.5. The van der Waals surface area contributed by atoms with E-state index in [1.807, 2.05) is 0 Å². The third-order valence-electron chi connectivity index (χ3n) is 3.52. The second-order valence-corrected chi connectivity index (χ2v) is 5.39. The molecule has 1 aromatic rings. The molecule has 24 heavy (non-hydrogen) atoms. The largest absolute Gasteiger partial charge is 0.394 e. The fraction of sp³-hybridized carbons (Fsp3) is 0.583. The molecule has 0 radical (unpaired) electrons. The molecule has 0 bridgehead atoms. The van der Waals surface area contributed by atoms with E-state index in [1.54, 1.807) is 0 Å². The monoisotopic (exact) mass is 361 g/mol. The van der Waals surface area contributed by atoms with Gasteiger partial charge in [-0.15, -0.1) is 16.5 Å². The number of nitrogens with zero attached hydrogens (tertiary/aromatic N) is 3. The second kappa shape index (κ2) is 8.04. The lowest BCUT2D eigenvalue weighted by molar-refractivity contribution is -0.0286. The van der Waals surface area contributed by atoms with Crippen LogP contribution in [0.25, 0.3) is 0 Å². The van der Waals surface area contributed by atoms with Gasteiger partial charge in [-0.2, -0.15) is 5.01 Å². The zero-order valence-electron chi connectivity index (χ0n) is 12.4. The minimum Gasteiger partial charge on any atom is -0.394 e. The number of amides is 2. The molecule has 132 valence electrons. The van der Waals surface area contributed by atoms with Crippen LogP contribution in [0, 0.1) is 4.91 Å². The Labute approximate surface area is 140 Å². The Bertz CT molecular complexity index is 706. The number of carbonyl (C=O) groups excluding carboxylic acids is 1. The molecule has 0 aliphatic carbocycles. The number of H-pyrrole nitrogens is 1. The SMILES string of the molecule is O=NN(CCCl)C(=O)NC1C[C@@H](n2ccc(=O)[nH]c2=O)O[C@H]1CO. The van der Waals surface area contributed by atoms with Crippen LogP contribution >= 0.6 is 11.6 Å². The van der Waals surface area contributed by atoms with Crippen LogP contribution in [0.5, 0.6) is 0 Å². The van der Waals surface area contributed by atoms with Gasteiger partial charge in [0.05, 0.1) is 24.5 Å². The van der Waals surface area contributed by atoms with Crippen molar-refractivity contribution in [3.05, 3.63) is 38.0 Å². The van der Waals surface area contributed by atoms with Crippen molar-refractivity contribution in [2.75, 3.05) is 19.0 Å². The molecule has 1 saturated heterocycles. The van der Waals surface area contributed by atoms with Crippen molar-refractivity contribution in [2.45, 2.75) is 24.8 Å². The maximum Gasteiger partial charge on any atom is 0.340 e. The Morgan fingerprint density at radius 2 is 2.33 bits per heavy atom. The van der Waals surface area contributed by atoms with Crippen molar-refractivity contribution in [3.8, 4) is 0 Å². The summed E-state index contributed by atoms with van der Waals surface area (Å²) < 4.78 is 6.67. The van der Waals surface area contributed by atoms with Crippen molar-refractivity contribution in [3.63, 3.8) is 0 Å². The van der Waals surface area contributed by atoms with Crippen LogP contribution in [0.1, 0.15) is 12.6 Å². The fourth-order valence-corrected chi connectivity index (χ4v) is 2.53. The van der Waals surface area contributed by atoms with E-state index >= 15 is 0 Å². The van der Waals surface area contributed by atoms with Crippen molar-refractivity contribution >= 4 is 17.6 Å². The molecule has 1 aromatic heterocycles. The fourth-order valence-electron chi connectivity index (χ4n) is 2.37. The third kappa shape index (κ3) is 3.99. The van der Waals surface area contributed by atoms with Crippen molar-refractivity contribution in [2.24, 2.45) is 5.29 Å². The number of ether oxygens (including phenoxy) is 1. The van der Waals surface area contributed by atoms with Gasteiger partial charge in [0.15, 0.2) is 0 Å². The van der Waals surface area contributed by atoms with Crippen molar-refractivity contribution in [1.29, 1.82) is 0 Å². The van der Waals surface area contributed by atoms with Gasteiger partial charge in [-0.25, -0.2) is 9.59 Å². The highest BCUT2D eigenvalue weighted by molar-refractivity contribution is 6.18. The summed E-state index contributed by atoms with van der Waals surface area (Å²) in [6.45, 7) is -0.485. The smallest absolute Gasteiger partial charge is 0.340 e. The Balaban J connectivity index is 2.11. The number of carbonyl (C=O) groups is 1. The summed E-state index contributed by atoms with van der Waals surface area (Å²) in [5.74, 6) is 0.0269. The number of rotatable bonds is 6. The zero-order chi connectivity index (χ0) is 17.7. The summed E-state index contributed by atoms with van der Waals surface area (Å²) in [4.78, 5) is 47.5. The molecule has 0 spiro atoms. The Hall–Kier alpha value is -2.24. The number of urea groups is 1. The zero-order valence-corrected chi connectivity index (χ0v) is 13.2. The second-order valence-electron chi connectivity index (χ2n) is 5.01. The summed E-state index contributed by atoms with van der Waals surface area (Å²) in [6.07, 6.45) is -0.168. The van der Waals surface area contributed by atoms with Gasteiger partial charge in [0.1, 0.15) is 12.3 Å². The number of hydrogen-bond acceptors (Lipinski definition) is 7. The lowest BCUT2D eigenvalue weighted by Crippen LogP contribution is -2.47. The maximum absolute atomic E-state index is 11.9. The molecular weight excluding hydrogens is 346 g/mol. The molecule has 1 aliphatic rings. The normalized spacial score (nSPS) is 23.0. The van der Waals surface area contributed by atoms with Crippen molar-refractivity contribution in [1.82, 2.24) is 19.9 Å². The van der Waals surface area contributed by atoms with Crippen LogP contribution < -0.4 is 16.6 Å². The molecule has 12 heteroatoms. The summed E-state index contributed by atoms with van der Waals surface area (Å²) in [5.41, 5.74) is -1.22. The molecule has 0 aromatic carbocycles. The van der Waals surface area contributed by atoms with Crippen LogP contribution in [0.15, 0.2) is 27.1 Å². The van der Waals surface area contributed by atoms with Gasteiger partial charge < -0.3 is 15.2 Å². The molecule has 0 saturated carbocycles. The van der Waals surface area contributed by atoms with Gasteiger partial charge in [0.25, 0.3) is 5.56 Å². The minimum absolute atomic E-state index is 0.0269. The quantitative estimate of drug-likeness (QED) is 0.340. The average molecular weight is 362 g/mol. The van der Waals surface area contributed by atoms with Crippen LogP contribution in [0.4, 0.5) is 4.79 Å². The van der Waals surface area contributed by atoms with E-state index in [0.29, 0.717) is 5.01 Å². The third-order valence-corrected chi connectivity index (χ3v) is 3.68. The average Bonchev–Trinajstić information content (AvgIpc) is 2.94. The number of aliphatic hydroxyl groups excluding tert-OH is 1. The number of alkyl halides is 1. The maximum atomic E-state index is 11.9. The molecule has 1 aliphatic heterocycles. The first-order valence-corrected chi connectivity index (χ1v) is 7.58. The van der Waals surface area contributed by atoms with E-state index in [9.17, 15) is 24.4 Å². The topological polar surface area (TPSA) is 146 Å². The molecule has 2 amide bonds. The van der Waals surface area contributed by atoms with Crippen LogP contribution in [-0.4, -0.2) is 56.9 Å². The van der Waals surface area contributed by atoms with E-state index in [-0.39, 0.29) is 18.8 Å². The first kappa shape index (κ1) is 18.1. The first-order chi connectivity index (χ1) is 11.5. The molecule has 2 heterocycles. The number of nitrogens with one attached hydrogen (secondary N) is 2. The number of nitroso groups, excluding NO2 is 1. The predicted octanol–water partition coefficient (Wildman–Crippen LogP) is -0.883. The van der Waals surface area contributed by atoms with Crippen LogP contribution in [0.2, 0.25) is 0 Å². The summed E-state index contributed by atoms with van der Waals surface area (Å²) in [5, 5.41) is 15.1. The van der Waals surface area contributed by atoms with E-state index in [2.05, 4.69) is 15.6 Å². The summed E-state index contributed by atoms with van der Waals surface area (Å²) in [6, 6.07) is -0.290. The summed E-state index contributed by atoms with van der Waals surface area (Å²) >= 11 is 5.47. The number of aliphatic hydroxyl groups is 1. The Kier molecular flexibility index (Phi) is 6.06. The number of aromatic nitrogens is 2. The molecule has 2 rings (SSSR count). The lowest BCUT2D eigenvalue weighted by Gasteiger charge is -2.20. The van der Waals surface area contributed by atoms with E-state index < -0.39 is 42.3 Å². The Morgan fingerprint density at radius 1 is 1.58 bits per heavy atom. The van der Waals surface area contributed by atoms with E-state index in [1.165, 1.54) is 6.20 Å². The van der Waals surface area contributed by atoms with E-state index in [0.717, 1.165) is 10.6 Å². The van der Waals surface area contributed by atoms with Gasteiger partial charge in [-0.3, -0.25) is 14.3 Å². The minimum atomic E-state index is -0.790. The van der Waals surface area contributed by atoms with E-state index in [4.69, 9.17) is 16.3 Å². The highest BCUT2D eigenvalue weighted by Crippen LogP contribution is 2.27. The Morgan fingerprint density at radius 3 is 2.92 bits per heavy atom. The molecule has 1 fully saturated rings. The van der Waals surface area contributed by atoms with Gasteiger partial charge in [0.2, 0.25) is 0 Å². The molecule has 11 nitrogen and oxygen atoms in total. The van der Waals surface area contributed by atoms with Gasteiger partial charge >= 0.3 is 11.7 Å². The van der Waals surface area contributed by atoms with Gasteiger partial charge in [0, 0.05) is 24.6 Å². The standard InChI is InChI=1S/C12H16ClN5O6/c13-2-4-18(16-23)12(22)14-7-5-10(24-8(7)6-19)17-3-1-9(20)15-11(17)21/h1,3,7-8,10,19H,2,4-6H2,(H,14,22)(H,15,20,21)/t7?,8-,10-/m0/s1. The number of hydrogen-bond donors (Lipinski definition) is 3. The number of halogens is 1. The lowest BCUT2D eigenvalue weighted by atomic mass is 10.1. The van der Waals surface area contributed by atoms with Gasteiger partial charge in [-0.1, -0.05) is 0 Å². The molecule has 3 atom stereocenters.